The number of nitrogens with zero attached hydrogens (tertiary/aromatic N) is 1. The highest BCUT2D eigenvalue weighted by Gasteiger charge is 2.51. The van der Waals surface area contributed by atoms with Gasteiger partial charge in [0.05, 0.1) is 5.54 Å². The first-order valence-corrected chi connectivity index (χ1v) is 11.6. The van der Waals surface area contributed by atoms with E-state index < -0.39 is 17.6 Å². The SMILES string of the molecule is C=CC[C@@H](C(=O)O)N(Cc1ccccc1)C1(c2ccccc2)c2ccccc2-c2ccccc21. The highest BCUT2D eigenvalue weighted by Crippen LogP contribution is 2.55. The molecular weight excluding hydrogens is 418 g/mol. The Morgan fingerprint density at radius 1 is 0.794 bits per heavy atom. The number of benzene rings is 4. The van der Waals surface area contributed by atoms with E-state index in [0.29, 0.717) is 13.0 Å². The molecule has 0 bridgehead atoms. The van der Waals surface area contributed by atoms with Crippen molar-refractivity contribution in [2.24, 2.45) is 0 Å². The predicted molar refractivity (Wildman–Crippen MR) is 136 cm³/mol. The Bertz CT molecular complexity index is 1270. The molecule has 168 valence electrons. The number of hydrogen-bond donors (Lipinski definition) is 1. The van der Waals surface area contributed by atoms with E-state index in [1.165, 1.54) is 0 Å². The summed E-state index contributed by atoms with van der Waals surface area (Å²) in [6, 6.07) is 36.4. The van der Waals surface area contributed by atoms with E-state index in [-0.39, 0.29) is 0 Å². The second-order valence-electron chi connectivity index (χ2n) is 8.66. The van der Waals surface area contributed by atoms with Gasteiger partial charge >= 0.3 is 5.97 Å². The lowest BCUT2D eigenvalue weighted by Crippen LogP contribution is -2.54. The Morgan fingerprint density at radius 2 is 1.29 bits per heavy atom. The summed E-state index contributed by atoms with van der Waals surface area (Å²) in [6.07, 6.45) is 2.04. The minimum Gasteiger partial charge on any atom is -0.480 e. The molecule has 1 atom stereocenters. The van der Waals surface area contributed by atoms with Crippen molar-refractivity contribution < 1.29 is 9.90 Å². The van der Waals surface area contributed by atoms with Crippen LogP contribution < -0.4 is 0 Å². The van der Waals surface area contributed by atoms with Crippen molar-refractivity contribution in [3.05, 3.63) is 144 Å². The number of carbonyl (C=O) groups is 1. The van der Waals surface area contributed by atoms with Crippen molar-refractivity contribution in [1.82, 2.24) is 4.90 Å². The highest BCUT2D eigenvalue weighted by atomic mass is 16.4. The Hall–Kier alpha value is -3.95. The molecule has 0 fully saturated rings. The fourth-order valence-corrected chi connectivity index (χ4v) is 5.44. The van der Waals surface area contributed by atoms with E-state index in [1.807, 2.05) is 48.5 Å². The molecule has 0 saturated carbocycles. The van der Waals surface area contributed by atoms with Crippen molar-refractivity contribution in [3.8, 4) is 11.1 Å². The molecule has 0 radical (unpaired) electrons. The molecule has 3 heteroatoms. The summed E-state index contributed by atoms with van der Waals surface area (Å²) in [5.41, 5.74) is 5.84. The van der Waals surface area contributed by atoms with Crippen LogP contribution >= 0.6 is 0 Å². The molecule has 0 unspecified atom stereocenters. The molecule has 1 aliphatic carbocycles. The standard InChI is InChI=1S/C31H27NO2/c1-2-13-29(30(33)34)32(22-23-14-5-3-6-15-23)31(24-16-7-4-8-17-24)27-20-11-9-18-25(27)26-19-10-12-21-28(26)31/h2-12,14-21,29H,1,13,22H2,(H,33,34)/t29-/m0/s1. The van der Waals surface area contributed by atoms with Crippen LogP contribution in [0, 0.1) is 0 Å². The zero-order valence-electron chi connectivity index (χ0n) is 19.0. The first kappa shape index (κ1) is 21.9. The number of carboxylic acids is 1. The van der Waals surface area contributed by atoms with E-state index in [0.717, 1.165) is 33.4 Å². The average molecular weight is 446 g/mol. The minimum absolute atomic E-state index is 0.334. The van der Waals surface area contributed by atoms with Crippen LogP contribution in [0.25, 0.3) is 11.1 Å². The monoisotopic (exact) mass is 445 g/mol. The molecular formula is C31H27NO2. The van der Waals surface area contributed by atoms with Gasteiger partial charge in [0.25, 0.3) is 0 Å². The van der Waals surface area contributed by atoms with Gasteiger partial charge in [0.2, 0.25) is 0 Å². The van der Waals surface area contributed by atoms with Gasteiger partial charge in [-0.15, -0.1) is 6.58 Å². The van der Waals surface area contributed by atoms with Crippen molar-refractivity contribution in [2.75, 3.05) is 0 Å². The van der Waals surface area contributed by atoms with Crippen molar-refractivity contribution in [1.29, 1.82) is 0 Å². The van der Waals surface area contributed by atoms with E-state index in [4.69, 9.17) is 0 Å². The summed E-state index contributed by atoms with van der Waals surface area (Å²) in [5.74, 6) is -0.854. The fraction of sp³-hybridized carbons (Fsp3) is 0.129. The molecule has 0 heterocycles. The first-order valence-electron chi connectivity index (χ1n) is 11.6. The largest absolute Gasteiger partial charge is 0.480 e. The average Bonchev–Trinajstić information content (AvgIpc) is 3.18. The van der Waals surface area contributed by atoms with Crippen molar-refractivity contribution in [3.63, 3.8) is 0 Å². The molecule has 4 aromatic carbocycles. The molecule has 34 heavy (non-hydrogen) atoms. The summed E-state index contributed by atoms with van der Waals surface area (Å²) in [5, 5.41) is 10.5. The maximum atomic E-state index is 12.8. The van der Waals surface area contributed by atoms with Crippen LogP contribution in [-0.4, -0.2) is 22.0 Å². The zero-order valence-corrected chi connectivity index (χ0v) is 19.0. The van der Waals surface area contributed by atoms with Crippen LogP contribution in [0.5, 0.6) is 0 Å². The van der Waals surface area contributed by atoms with E-state index >= 15 is 0 Å². The van der Waals surface area contributed by atoms with E-state index in [2.05, 4.69) is 72.1 Å². The summed E-state index contributed by atoms with van der Waals surface area (Å²) >= 11 is 0. The lowest BCUT2D eigenvalue weighted by atomic mass is 9.77. The quantitative estimate of drug-likeness (QED) is 0.315. The summed E-state index contributed by atoms with van der Waals surface area (Å²) in [6.45, 7) is 4.37. The Balaban J connectivity index is 1.87. The fourth-order valence-electron chi connectivity index (χ4n) is 5.44. The van der Waals surface area contributed by atoms with Gasteiger partial charge in [-0.05, 0) is 39.8 Å². The molecule has 0 amide bonds. The summed E-state index contributed by atoms with van der Waals surface area (Å²) in [7, 11) is 0. The molecule has 1 N–H and O–H groups in total. The number of rotatable bonds is 8. The van der Waals surface area contributed by atoms with Gasteiger partial charge in [0.1, 0.15) is 6.04 Å². The zero-order chi connectivity index (χ0) is 23.5. The third-order valence-electron chi connectivity index (χ3n) is 6.79. The third-order valence-corrected chi connectivity index (χ3v) is 6.79. The Morgan fingerprint density at radius 3 is 1.82 bits per heavy atom. The van der Waals surface area contributed by atoms with Crippen LogP contribution in [0.3, 0.4) is 0 Å². The smallest absolute Gasteiger partial charge is 0.321 e. The molecule has 0 saturated heterocycles. The first-order chi connectivity index (χ1) is 16.7. The predicted octanol–water partition coefficient (Wildman–Crippen LogP) is 6.49. The number of aliphatic carboxylic acids is 1. The van der Waals surface area contributed by atoms with Gasteiger partial charge in [-0.3, -0.25) is 9.69 Å². The number of fused-ring (bicyclic) bond motifs is 3. The highest BCUT2D eigenvalue weighted by molar-refractivity contribution is 5.84. The van der Waals surface area contributed by atoms with Crippen LogP contribution in [-0.2, 0) is 16.9 Å². The van der Waals surface area contributed by atoms with Gasteiger partial charge in [-0.2, -0.15) is 0 Å². The van der Waals surface area contributed by atoms with Crippen LogP contribution in [0.15, 0.2) is 122 Å². The lowest BCUT2D eigenvalue weighted by molar-refractivity contribution is -0.145. The Kier molecular flexibility index (Phi) is 5.87. The molecule has 0 spiro atoms. The van der Waals surface area contributed by atoms with Gasteiger partial charge in [-0.1, -0.05) is 115 Å². The van der Waals surface area contributed by atoms with Gasteiger partial charge in [0, 0.05) is 6.54 Å². The topological polar surface area (TPSA) is 40.5 Å². The molecule has 4 aromatic rings. The lowest BCUT2D eigenvalue weighted by Gasteiger charge is -2.46. The minimum atomic E-state index is -0.854. The summed E-state index contributed by atoms with van der Waals surface area (Å²) in [4.78, 5) is 14.9. The number of carboxylic acid groups (broad SMARTS) is 1. The molecule has 1 aliphatic rings. The Labute approximate surface area is 200 Å². The molecule has 5 rings (SSSR count). The van der Waals surface area contributed by atoms with E-state index in [9.17, 15) is 9.90 Å². The van der Waals surface area contributed by atoms with Crippen LogP contribution in [0.1, 0.15) is 28.7 Å². The van der Waals surface area contributed by atoms with Crippen molar-refractivity contribution in [2.45, 2.75) is 24.5 Å². The van der Waals surface area contributed by atoms with Crippen LogP contribution in [0.2, 0.25) is 0 Å². The maximum absolute atomic E-state index is 12.8. The second kappa shape index (κ2) is 9.12. The van der Waals surface area contributed by atoms with Crippen LogP contribution in [0.4, 0.5) is 0 Å². The van der Waals surface area contributed by atoms with Crippen molar-refractivity contribution >= 4 is 5.97 Å². The molecule has 0 aliphatic heterocycles. The molecule has 3 nitrogen and oxygen atoms in total. The van der Waals surface area contributed by atoms with Gasteiger partial charge in [-0.25, -0.2) is 0 Å². The second-order valence-corrected chi connectivity index (χ2v) is 8.66. The normalized spacial score (nSPS) is 14.3. The maximum Gasteiger partial charge on any atom is 0.321 e. The molecule has 0 aromatic heterocycles. The van der Waals surface area contributed by atoms with Gasteiger partial charge in [0.15, 0.2) is 0 Å². The van der Waals surface area contributed by atoms with E-state index in [1.54, 1.807) is 6.08 Å². The summed E-state index contributed by atoms with van der Waals surface area (Å²) < 4.78 is 0. The van der Waals surface area contributed by atoms with Gasteiger partial charge < -0.3 is 5.11 Å². The third kappa shape index (κ3) is 3.46. The number of hydrogen-bond acceptors (Lipinski definition) is 2.